The minimum atomic E-state index is 0.850. The molecule has 0 bridgehead atoms. The van der Waals surface area contributed by atoms with Gasteiger partial charge in [-0.15, -0.1) is 10.2 Å². The number of anilines is 1. The highest BCUT2D eigenvalue weighted by Crippen LogP contribution is 2.19. The molecule has 0 spiro atoms. The number of aromatic amines is 1. The summed E-state index contributed by atoms with van der Waals surface area (Å²) in [5.41, 5.74) is 8.50. The van der Waals surface area contributed by atoms with E-state index in [9.17, 15) is 0 Å². The molecule has 25 heavy (non-hydrogen) atoms. The van der Waals surface area contributed by atoms with E-state index in [2.05, 4.69) is 37.1 Å². The Hall–Kier alpha value is -3.32. The lowest BCUT2D eigenvalue weighted by atomic mass is 10.1. The number of aromatic nitrogens is 5. The van der Waals surface area contributed by atoms with Crippen LogP contribution in [0.15, 0.2) is 78.3 Å². The zero-order valence-electron chi connectivity index (χ0n) is 13.3. The number of nitrogens with one attached hydrogen (secondary N) is 1. The van der Waals surface area contributed by atoms with E-state index in [1.807, 2.05) is 60.0 Å². The number of nitrogens with two attached hydrogens (primary N) is 1. The number of hydrogen-bond donors (Lipinski definition) is 2. The van der Waals surface area contributed by atoms with Gasteiger partial charge in [0.2, 0.25) is 0 Å². The third-order valence-electron chi connectivity index (χ3n) is 3.34. The van der Waals surface area contributed by atoms with Crippen molar-refractivity contribution in [2.45, 2.75) is 0 Å². The van der Waals surface area contributed by atoms with Gasteiger partial charge in [-0.25, -0.2) is 0 Å². The summed E-state index contributed by atoms with van der Waals surface area (Å²) in [6.45, 7) is 0. The van der Waals surface area contributed by atoms with Crippen molar-refractivity contribution in [2.75, 3.05) is 5.73 Å². The molecule has 0 aliphatic heterocycles. The molecule has 0 amide bonds. The maximum absolute atomic E-state index is 5.76. The zero-order valence-corrected chi connectivity index (χ0v) is 14.1. The topological polar surface area (TPSA) is 93.4 Å². The lowest BCUT2D eigenvalue weighted by molar-refractivity contribution is 0.959. The number of nitrogen functional groups attached to an aromatic ring is 1. The summed E-state index contributed by atoms with van der Waals surface area (Å²) in [4.78, 5) is 0. The Morgan fingerprint density at radius 1 is 0.880 bits per heavy atom. The van der Waals surface area contributed by atoms with Gasteiger partial charge in [-0.3, -0.25) is 5.10 Å². The number of nitrogens with zero attached hydrogens (tertiary/aromatic N) is 4. The van der Waals surface area contributed by atoms with Crippen LogP contribution in [-0.2, 0) is 0 Å². The molecule has 3 N–H and O–H groups in total. The summed E-state index contributed by atoms with van der Waals surface area (Å²) in [5, 5.41) is 17.8. The van der Waals surface area contributed by atoms with Gasteiger partial charge in [0, 0.05) is 16.5 Å². The Labute approximate surface area is 148 Å². The number of para-hydroxylation sites is 1. The molecule has 3 aromatic carbocycles. The van der Waals surface area contributed by atoms with Crippen LogP contribution in [0.3, 0.4) is 0 Å². The Balaban J connectivity index is 0.000000117. The van der Waals surface area contributed by atoms with Gasteiger partial charge in [0.1, 0.15) is 5.52 Å². The fraction of sp³-hybridized carbons (Fsp3) is 0. The van der Waals surface area contributed by atoms with Gasteiger partial charge < -0.3 is 5.73 Å². The highest BCUT2D eigenvalue weighted by molar-refractivity contribution is 7.03. The second-order valence-corrected chi connectivity index (χ2v) is 5.63. The molecule has 0 atom stereocenters. The van der Waals surface area contributed by atoms with Crippen molar-refractivity contribution in [1.29, 1.82) is 0 Å². The minimum Gasteiger partial charge on any atom is -0.398 e. The Morgan fingerprint density at radius 2 is 1.68 bits per heavy atom. The largest absolute Gasteiger partial charge is 0.398 e. The molecule has 0 saturated heterocycles. The van der Waals surface area contributed by atoms with E-state index < -0.39 is 0 Å². The Kier molecular flexibility index (Phi) is 5.63. The molecule has 6 nitrogen and oxygen atoms in total. The van der Waals surface area contributed by atoms with E-state index in [4.69, 9.17) is 5.73 Å². The third-order valence-corrected chi connectivity index (χ3v) is 3.77. The fourth-order valence-corrected chi connectivity index (χ4v) is 2.45. The molecule has 0 saturated carbocycles. The number of hydrogen-bond acceptors (Lipinski definition) is 6. The van der Waals surface area contributed by atoms with Gasteiger partial charge in [-0.2, -0.15) is 0 Å². The number of rotatable bonds is 0. The average Bonchev–Trinajstić information content (AvgIpc) is 3.37. The normalized spacial score (nSPS) is 9.76. The lowest BCUT2D eigenvalue weighted by Gasteiger charge is -1.98. The predicted octanol–water partition coefficient (Wildman–Crippen LogP) is 3.92. The van der Waals surface area contributed by atoms with Crippen LogP contribution in [0.2, 0.25) is 0 Å². The smallest absolute Gasteiger partial charge is 0.112 e. The summed E-state index contributed by atoms with van der Waals surface area (Å²) in [5.74, 6) is 0. The first kappa shape index (κ1) is 16.5. The van der Waals surface area contributed by atoms with Gasteiger partial charge in [0.05, 0.1) is 11.7 Å². The molecular weight excluding hydrogens is 332 g/mol. The van der Waals surface area contributed by atoms with Crippen molar-refractivity contribution in [1.82, 2.24) is 25.0 Å². The molecule has 0 aliphatic rings. The van der Waals surface area contributed by atoms with Crippen molar-refractivity contribution < 1.29 is 0 Å². The summed E-state index contributed by atoms with van der Waals surface area (Å²) in [7, 11) is 0. The second-order valence-electron chi connectivity index (χ2n) is 4.99. The summed E-state index contributed by atoms with van der Waals surface area (Å²) < 4.78 is 3.51. The third kappa shape index (κ3) is 4.58. The van der Waals surface area contributed by atoms with Crippen LogP contribution in [0.1, 0.15) is 0 Å². The Bertz CT molecular complexity index is 973. The van der Waals surface area contributed by atoms with Crippen LogP contribution in [0.5, 0.6) is 0 Å². The fourth-order valence-electron chi connectivity index (χ4n) is 2.17. The SMILES string of the molecule is Nc1cccc2ccccc12.c1ccc2[nH]nnc2c1.c1csnn1. The van der Waals surface area contributed by atoms with Crippen molar-refractivity contribution in [2.24, 2.45) is 0 Å². The van der Waals surface area contributed by atoms with Crippen LogP contribution < -0.4 is 5.73 Å². The molecule has 0 radical (unpaired) electrons. The zero-order chi connectivity index (χ0) is 17.3. The summed E-state index contributed by atoms with van der Waals surface area (Å²) in [6, 6.07) is 21.8. The van der Waals surface area contributed by atoms with E-state index in [0.717, 1.165) is 22.1 Å². The van der Waals surface area contributed by atoms with E-state index in [0.29, 0.717) is 0 Å². The van der Waals surface area contributed by atoms with Crippen molar-refractivity contribution in [3.8, 4) is 0 Å². The summed E-state index contributed by atoms with van der Waals surface area (Å²) in [6.07, 6.45) is 1.66. The van der Waals surface area contributed by atoms with Gasteiger partial charge in [-0.1, -0.05) is 58.2 Å². The molecule has 7 heteroatoms. The first-order chi connectivity index (χ1) is 12.3. The average molecular weight is 348 g/mol. The van der Waals surface area contributed by atoms with Gasteiger partial charge >= 0.3 is 0 Å². The maximum Gasteiger partial charge on any atom is 0.112 e. The van der Waals surface area contributed by atoms with Crippen LogP contribution in [0.25, 0.3) is 21.8 Å². The molecule has 0 fully saturated rings. The number of fused-ring (bicyclic) bond motifs is 2. The quantitative estimate of drug-likeness (QED) is 0.414. The van der Waals surface area contributed by atoms with E-state index in [1.54, 1.807) is 6.20 Å². The second kappa shape index (κ2) is 8.51. The molecule has 5 aromatic rings. The molecule has 0 unspecified atom stereocenters. The number of benzene rings is 3. The van der Waals surface area contributed by atoms with Gasteiger partial charge in [0.15, 0.2) is 0 Å². The maximum atomic E-state index is 5.76. The first-order valence-electron chi connectivity index (χ1n) is 7.54. The van der Waals surface area contributed by atoms with Crippen LogP contribution in [-0.4, -0.2) is 25.0 Å². The molecule has 0 aliphatic carbocycles. The van der Waals surface area contributed by atoms with Crippen molar-refractivity contribution >= 4 is 39.0 Å². The van der Waals surface area contributed by atoms with Crippen LogP contribution in [0.4, 0.5) is 5.69 Å². The molecular formula is C18H16N6S. The van der Waals surface area contributed by atoms with Gasteiger partial charge in [0.25, 0.3) is 0 Å². The van der Waals surface area contributed by atoms with Crippen molar-refractivity contribution in [3.05, 3.63) is 78.3 Å². The summed E-state index contributed by atoms with van der Waals surface area (Å²) >= 11 is 1.35. The minimum absolute atomic E-state index is 0.850. The molecule has 2 aromatic heterocycles. The molecule has 2 heterocycles. The predicted molar refractivity (Wildman–Crippen MR) is 102 cm³/mol. The first-order valence-corrected chi connectivity index (χ1v) is 8.38. The standard InChI is InChI=1S/C10H9N.C6H5N3.C2H2N2S/c11-10-7-3-5-8-4-1-2-6-9(8)10;1-2-4-6-5(3-1)7-9-8-6;1-2-5-4-3-1/h1-7H,11H2;1-4H,(H,7,8,9);1-2H. The monoisotopic (exact) mass is 348 g/mol. The Morgan fingerprint density at radius 3 is 2.40 bits per heavy atom. The molecule has 5 rings (SSSR count). The number of H-pyrrole nitrogens is 1. The highest BCUT2D eigenvalue weighted by atomic mass is 32.1. The lowest BCUT2D eigenvalue weighted by Crippen LogP contribution is -1.84. The van der Waals surface area contributed by atoms with Crippen LogP contribution in [0, 0.1) is 0 Å². The van der Waals surface area contributed by atoms with E-state index >= 15 is 0 Å². The highest BCUT2D eigenvalue weighted by Gasteiger charge is 1.92. The van der Waals surface area contributed by atoms with Gasteiger partial charge in [-0.05, 0) is 35.1 Å². The van der Waals surface area contributed by atoms with E-state index in [1.165, 1.54) is 16.9 Å². The van der Waals surface area contributed by atoms with Crippen molar-refractivity contribution in [3.63, 3.8) is 0 Å². The molecule has 124 valence electrons. The van der Waals surface area contributed by atoms with E-state index in [-0.39, 0.29) is 0 Å². The van der Waals surface area contributed by atoms with Crippen LogP contribution >= 0.6 is 11.5 Å².